The summed E-state index contributed by atoms with van der Waals surface area (Å²) in [5, 5.41) is 3.49. The molecule has 0 bridgehead atoms. The van der Waals surface area contributed by atoms with Crippen molar-refractivity contribution in [3.05, 3.63) is 34.4 Å². The molecule has 0 aromatic heterocycles. The van der Waals surface area contributed by atoms with E-state index in [1.165, 1.54) is 23.1 Å². The van der Waals surface area contributed by atoms with Gasteiger partial charge in [0.1, 0.15) is 0 Å². The third-order valence-corrected chi connectivity index (χ3v) is 2.86. The standard InChI is InChI=1S/C12H17N/c1-8-4-9(2)12-6-10(3)13-7-11(12)5-8/h4-5,10,13H,6-7H2,1-3H3. The van der Waals surface area contributed by atoms with Gasteiger partial charge in [-0.15, -0.1) is 0 Å². The fourth-order valence-corrected chi connectivity index (χ4v) is 2.20. The van der Waals surface area contributed by atoms with Crippen LogP contribution in [0.2, 0.25) is 0 Å². The first-order valence-electron chi connectivity index (χ1n) is 4.99. The minimum absolute atomic E-state index is 0.633. The molecule has 13 heavy (non-hydrogen) atoms. The lowest BCUT2D eigenvalue weighted by Crippen LogP contribution is -2.33. The van der Waals surface area contributed by atoms with E-state index in [1.807, 2.05) is 0 Å². The van der Waals surface area contributed by atoms with Gasteiger partial charge in [-0.25, -0.2) is 0 Å². The Kier molecular flexibility index (Phi) is 2.12. The van der Waals surface area contributed by atoms with E-state index >= 15 is 0 Å². The van der Waals surface area contributed by atoms with E-state index in [-0.39, 0.29) is 0 Å². The van der Waals surface area contributed by atoms with Crippen LogP contribution in [0.3, 0.4) is 0 Å². The lowest BCUT2D eigenvalue weighted by molar-refractivity contribution is 0.512. The van der Waals surface area contributed by atoms with E-state index in [2.05, 4.69) is 38.2 Å². The van der Waals surface area contributed by atoms with Crippen LogP contribution in [-0.2, 0) is 13.0 Å². The van der Waals surface area contributed by atoms with Gasteiger partial charge in [-0.05, 0) is 43.9 Å². The largest absolute Gasteiger partial charge is 0.310 e. The minimum Gasteiger partial charge on any atom is -0.310 e. The zero-order valence-corrected chi connectivity index (χ0v) is 8.65. The second kappa shape index (κ2) is 3.15. The lowest BCUT2D eigenvalue weighted by Gasteiger charge is -2.25. The SMILES string of the molecule is Cc1cc(C)c2c(c1)CNC(C)C2. The molecule has 0 aliphatic carbocycles. The fourth-order valence-electron chi connectivity index (χ4n) is 2.20. The first-order valence-corrected chi connectivity index (χ1v) is 4.99. The maximum atomic E-state index is 3.49. The first kappa shape index (κ1) is 8.76. The normalized spacial score (nSPS) is 21.3. The molecule has 0 radical (unpaired) electrons. The number of hydrogen-bond acceptors (Lipinski definition) is 1. The molecular formula is C12H17N. The van der Waals surface area contributed by atoms with Gasteiger partial charge in [0.2, 0.25) is 0 Å². The highest BCUT2D eigenvalue weighted by atomic mass is 14.9. The molecule has 0 amide bonds. The third-order valence-electron chi connectivity index (χ3n) is 2.86. The van der Waals surface area contributed by atoms with Crippen LogP contribution < -0.4 is 5.32 Å². The molecule has 1 aliphatic heterocycles. The van der Waals surface area contributed by atoms with E-state index in [9.17, 15) is 0 Å². The van der Waals surface area contributed by atoms with Gasteiger partial charge in [0.05, 0.1) is 0 Å². The van der Waals surface area contributed by atoms with Crippen LogP contribution in [0.5, 0.6) is 0 Å². The Morgan fingerprint density at radius 2 is 2.08 bits per heavy atom. The lowest BCUT2D eigenvalue weighted by atomic mass is 9.91. The Bertz CT molecular complexity index is 328. The van der Waals surface area contributed by atoms with Gasteiger partial charge >= 0.3 is 0 Å². The summed E-state index contributed by atoms with van der Waals surface area (Å²) in [7, 11) is 0. The summed E-state index contributed by atoms with van der Waals surface area (Å²) >= 11 is 0. The summed E-state index contributed by atoms with van der Waals surface area (Å²) in [6.45, 7) is 7.69. The van der Waals surface area contributed by atoms with Crippen LogP contribution in [0.25, 0.3) is 0 Å². The predicted molar refractivity (Wildman–Crippen MR) is 55.9 cm³/mol. The van der Waals surface area contributed by atoms with Crippen molar-refractivity contribution in [2.45, 2.75) is 39.8 Å². The van der Waals surface area contributed by atoms with Crippen molar-refractivity contribution in [2.75, 3.05) is 0 Å². The van der Waals surface area contributed by atoms with E-state index in [1.54, 1.807) is 5.56 Å². The summed E-state index contributed by atoms with van der Waals surface area (Å²) in [5.41, 5.74) is 5.91. The topological polar surface area (TPSA) is 12.0 Å². The Hall–Kier alpha value is -0.820. The molecule has 2 rings (SSSR count). The van der Waals surface area contributed by atoms with Gasteiger partial charge in [-0.3, -0.25) is 0 Å². The zero-order valence-electron chi connectivity index (χ0n) is 8.65. The fraction of sp³-hybridized carbons (Fsp3) is 0.500. The predicted octanol–water partition coefficient (Wildman–Crippen LogP) is 2.34. The maximum Gasteiger partial charge on any atom is 0.0211 e. The average Bonchev–Trinajstić information content (AvgIpc) is 2.06. The highest BCUT2D eigenvalue weighted by molar-refractivity contribution is 5.40. The van der Waals surface area contributed by atoms with Crippen molar-refractivity contribution < 1.29 is 0 Å². The highest BCUT2D eigenvalue weighted by Gasteiger charge is 2.15. The molecule has 1 aromatic carbocycles. The summed E-state index contributed by atoms with van der Waals surface area (Å²) in [4.78, 5) is 0. The van der Waals surface area contributed by atoms with Crippen molar-refractivity contribution >= 4 is 0 Å². The Labute approximate surface area is 80.2 Å². The summed E-state index contributed by atoms with van der Waals surface area (Å²) < 4.78 is 0. The molecule has 1 nitrogen and oxygen atoms in total. The molecule has 0 spiro atoms. The summed E-state index contributed by atoms with van der Waals surface area (Å²) in [6.07, 6.45) is 1.18. The van der Waals surface area contributed by atoms with E-state index in [0.717, 1.165) is 6.54 Å². The average molecular weight is 175 g/mol. The molecule has 1 aromatic rings. The molecule has 0 saturated carbocycles. The van der Waals surface area contributed by atoms with E-state index in [4.69, 9.17) is 0 Å². The van der Waals surface area contributed by atoms with Crippen LogP contribution in [0.4, 0.5) is 0 Å². The van der Waals surface area contributed by atoms with Crippen LogP contribution >= 0.6 is 0 Å². The van der Waals surface area contributed by atoms with Gasteiger partial charge in [0.25, 0.3) is 0 Å². The Morgan fingerprint density at radius 3 is 2.85 bits per heavy atom. The van der Waals surface area contributed by atoms with Gasteiger partial charge in [-0.2, -0.15) is 0 Å². The molecule has 1 N–H and O–H groups in total. The van der Waals surface area contributed by atoms with Crippen molar-refractivity contribution in [3.8, 4) is 0 Å². The smallest absolute Gasteiger partial charge is 0.0211 e. The van der Waals surface area contributed by atoms with E-state index < -0.39 is 0 Å². The summed E-state index contributed by atoms with van der Waals surface area (Å²) in [6, 6.07) is 5.23. The van der Waals surface area contributed by atoms with Crippen molar-refractivity contribution in [3.63, 3.8) is 0 Å². The van der Waals surface area contributed by atoms with Crippen molar-refractivity contribution in [2.24, 2.45) is 0 Å². The third kappa shape index (κ3) is 1.61. The highest BCUT2D eigenvalue weighted by Crippen LogP contribution is 2.22. The molecule has 1 aliphatic rings. The molecular weight excluding hydrogens is 158 g/mol. The van der Waals surface area contributed by atoms with Crippen molar-refractivity contribution in [1.82, 2.24) is 5.32 Å². The molecule has 1 heterocycles. The van der Waals surface area contributed by atoms with Crippen LogP contribution in [0.15, 0.2) is 12.1 Å². The van der Waals surface area contributed by atoms with E-state index in [0.29, 0.717) is 6.04 Å². The number of fused-ring (bicyclic) bond motifs is 1. The maximum absolute atomic E-state index is 3.49. The second-order valence-electron chi connectivity index (χ2n) is 4.21. The van der Waals surface area contributed by atoms with Crippen LogP contribution in [0, 0.1) is 13.8 Å². The molecule has 1 heteroatoms. The summed E-state index contributed by atoms with van der Waals surface area (Å²) in [5.74, 6) is 0. The molecule has 1 unspecified atom stereocenters. The van der Waals surface area contributed by atoms with Crippen LogP contribution in [-0.4, -0.2) is 6.04 Å². The number of hydrogen-bond donors (Lipinski definition) is 1. The first-order chi connectivity index (χ1) is 6.16. The molecule has 1 atom stereocenters. The van der Waals surface area contributed by atoms with Gasteiger partial charge < -0.3 is 5.32 Å². The van der Waals surface area contributed by atoms with Crippen molar-refractivity contribution in [1.29, 1.82) is 0 Å². The van der Waals surface area contributed by atoms with Gasteiger partial charge in [0.15, 0.2) is 0 Å². The zero-order chi connectivity index (χ0) is 9.42. The molecule has 0 saturated heterocycles. The van der Waals surface area contributed by atoms with Gasteiger partial charge in [-0.1, -0.05) is 17.7 Å². The number of rotatable bonds is 0. The minimum atomic E-state index is 0.633. The van der Waals surface area contributed by atoms with Gasteiger partial charge in [0, 0.05) is 12.6 Å². The molecule has 70 valence electrons. The molecule has 0 fully saturated rings. The monoisotopic (exact) mass is 175 g/mol. The Morgan fingerprint density at radius 1 is 1.31 bits per heavy atom. The number of benzene rings is 1. The quantitative estimate of drug-likeness (QED) is 0.638. The Balaban J connectivity index is 2.47. The van der Waals surface area contributed by atoms with Crippen LogP contribution in [0.1, 0.15) is 29.2 Å². The number of nitrogens with one attached hydrogen (secondary N) is 1. The number of aryl methyl sites for hydroxylation is 2. The second-order valence-corrected chi connectivity index (χ2v) is 4.21.